The lowest BCUT2D eigenvalue weighted by molar-refractivity contribution is -0.646. The Bertz CT molecular complexity index is 1600. The summed E-state index contributed by atoms with van der Waals surface area (Å²) in [6.07, 6.45) is 1.95. The third kappa shape index (κ3) is 1.97. The molecule has 0 radical (unpaired) electrons. The second kappa shape index (κ2) is 5.44. The molecule has 0 amide bonds. The van der Waals surface area contributed by atoms with E-state index in [9.17, 15) is 0 Å². The smallest absolute Gasteiger partial charge is 0.287 e. The average Bonchev–Trinajstić information content (AvgIpc) is 3.03. The lowest BCUT2D eigenvalue weighted by atomic mass is 9.96. The number of fused-ring (bicyclic) bond motifs is 5. The van der Waals surface area contributed by atoms with Crippen LogP contribution in [0.2, 0.25) is 0 Å². The second-order valence-electron chi connectivity index (χ2n) is 8.73. The zero-order valence-electron chi connectivity index (χ0n) is 17.5. The maximum absolute atomic E-state index is 4.72. The van der Waals surface area contributed by atoms with E-state index in [0.717, 1.165) is 5.52 Å². The lowest BCUT2D eigenvalue weighted by Crippen LogP contribution is -2.30. The van der Waals surface area contributed by atoms with Crippen molar-refractivity contribution in [3.05, 3.63) is 65.5 Å². The number of benzene rings is 3. The highest BCUT2D eigenvalue weighted by atomic mass is 15.0. The van der Waals surface area contributed by atoms with E-state index in [1.165, 1.54) is 60.3 Å². The van der Waals surface area contributed by atoms with Crippen LogP contribution < -0.4 is 4.57 Å². The van der Waals surface area contributed by atoms with Gasteiger partial charge in [-0.15, -0.1) is 0 Å². The average molecular weight is 378 g/mol. The van der Waals surface area contributed by atoms with Crippen LogP contribution in [0.25, 0.3) is 49.1 Å². The topological polar surface area (TPSA) is 21.2 Å². The maximum Gasteiger partial charge on any atom is 0.287 e. The summed E-state index contributed by atoms with van der Waals surface area (Å²) >= 11 is 0. The zero-order valence-corrected chi connectivity index (χ0v) is 17.5. The van der Waals surface area contributed by atoms with Crippen LogP contribution >= 0.6 is 0 Å². The van der Waals surface area contributed by atoms with Gasteiger partial charge < -0.3 is 4.40 Å². The van der Waals surface area contributed by atoms with Crippen LogP contribution in [0.5, 0.6) is 0 Å². The molecule has 6 aromatic rings. The van der Waals surface area contributed by atoms with Gasteiger partial charge in [0.15, 0.2) is 5.52 Å². The Kier molecular flexibility index (Phi) is 3.14. The van der Waals surface area contributed by atoms with Crippen LogP contribution in [-0.4, -0.2) is 9.38 Å². The first-order valence-electron chi connectivity index (χ1n) is 10.3. The summed E-state index contributed by atoms with van der Waals surface area (Å²) in [6.45, 7) is 9.02. The van der Waals surface area contributed by atoms with Crippen LogP contribution in [-0.2, 0) is 7.05 Å². The Balaban J connectivity index is 2.06. The van der Waals surface area contributed by atoms with Crippen molar-refractivity contribution >= 4 is 49.1 Å². The number of nitrogens with zero attached hydrogens (tertiary/aromatic N) is 3. The molecule has 3 heteroatoms. The predicted octanol–water partition coefficient (Wildman–Crippen LogP) is 5.95. The Hall–Kier alpha value is -3.20. The highest BCUT2D eigenvalue weighted by Crippen LogP contribution is 2.41. The summed E-state index contributed by atoms with van der Waals surface area (Å²) in [7, 11) is 2.11. The van der Waals surface area contributed by atoms with Crippen molar-refractivity contribution in [1.82, 2.24) is 9.38 Å². The zero-order chi connectivity index (χ0) is 20.0. The Morgan fingerprint density at radius 1 is 0.931 bits per heavy atom. The first-order valence-corrected chi connectivity index (χ1v) is 10.3. The molecule has 0 aliphatic rings. The van der Waals surface area contributed by atoms with Gasteiger partial charge in [0.1, 0.15) is 5.52 Å². The van der Waals surface area contributed by atoms with Crippen molar-refractivity contribution in [1.29, 1.82) is 0 Å². The first kappa shape index (κ1) is 16.7. The van der Waals surface area contributed by atoms with E-state index in [-0.39, 0.29) is 0 Å². The monoisotopic (exact) mass is 378 g/mol. The van der Waals surface area contributed by atoms with Gasteiger partial charge in [0, 0.05) is 10.8 Å². The van der Waals surface area contributed by atoms with Crippen LogP contribution in [0.4, 0.5) is 0 Å². The van der Waals surface area contributed by atoms with Crippen molar-refractivity contribution in [2.24, 2.45) is 7.05 Å². The first-order chi connectivity index (χ1) is 14.0. The molecule has 6 rings (SSSR count). The maximum atomic E-state index is 4.72. The molecule has 142 valence electrons. The molecule has 0 aliphatic heterocycles. The van der Waals surface area contributed by atoms with E-state index in [4.69, 9.17) is 4.98 Å². The number of aromatic nitrogens is 3. The second-order valence-corrected chi connectivity index (χ2v) is 8.73. The number of hydrogen-bond donors (Lipinski definition) is 0. The molecule has 0 fully saturated rings. The number of hydrogen-bond acceptors (Lipinski definition) is 1. The van der Waals surface area contributed by atoms with E-state index >= 15 is 0 Å². The fraction of sp³-hybridized carbons (Fsp3) is 0.231. The molecule has 0 saturated heterocycles. The fourth-order valence-corrected chi connectivity index (χ4v) is 5.07. The molecule has 3 nitrogen and oxygen atoms in total. The molecule has 0 aliphatic carbocycles. The molecule has 29 heavy (non-hydrogen) atoms. The van der Waals surface area contributed by atoms with Gasteiger partial charge in [0.2, 0.25) is 0 Å². The minimum Gasteiger partial charge on any atom is -0.308 e. The van der Waals surface area contributed by atoms with E-state index in [0.29, 0.717) is 5.92 Å². The van der Waals surface area contributed by atoms with Gasteiger partial charge in [-0.3, -0.25) is 0 Å². The SMILES string of the molecule is Cc1cc2c3cc(C(C)C)ccc3n3c4cccc5nc[n+](C)c(c(c1C)c23)c54. The third-order valence-electron chi connectivity index (χ3n) is 6.72. The molecular formula is C26H24N3+. The molecule has 0 bridgehead atoms. The standard InChI is InChI=1S/C26H24N3/c1-14(2)17-9-10-21-18(12-17)19-11-15(3)16(4)23-25(19)29(21)22-8-6-7-20-24(22)26(23)28(5)13-27-20/h6-14H,1-5H3/q+1. The van der Waals surface area contributed by atoms with Crippen molar-refractivity contribution in [2.75, 3.05) is 0 Å². The summed E-state index contributed by atoms with van der Waals surface area (Å²) in [5.41, 5.74) is 10.2. The van der Waals surface area contributed by atoms with Gasteiger partial charge in [-0.25, -0.2) is 4.57 Å². The molecule has 0 saturated carbocycles. The lowest BCUT2D eigenvalue weighted by Gasteiger charge is -2.14. The quantitative estimate of drug-likeness (QED) is 0.197. The number of rotatable bonds is 1. The molecule has 3 heterocycles. The predicted molar refractivity (Wildman–Crippen MR) is 121 cm³/mol. The minimum atomic E-state index is 0.511. The highest BCUT2D eigenvalue weighted by Gasteiger charge is 2.24. The van der Waals surface area contributed by atoms with Crippen molar-refractivity contribution in [3.63, 3.8) is 0 Å². The van der Waals surface area contributed by atoms with E-state index < -0.39 is 0 Å². The van der Waals surface area contributed by atoms with Gasteiger partial charge in [-0.1, -0.05) is 26.0 Å². The molecule has 3 aromatic carbocycles. The number of pyridine rings is 1. The van der Waals surface area contributed by atoms with E-state index in [1.807, 2.05) is 6.33 Å². The molecule has 0 spiro atoms. The van der Waals surface area contributed by atoms with Gasteiger partial charge in [0.25, 0.3) is 6.33 Å². The molecular weight excluding hydrogens is 354 g/mol. The van der Waals surface area contributed by atoms with Gasteiger partial charge >= 0.3 is 0 Å². The molecule has 3 aromatic heterocycles. The van der Waals surface area contributed by atoms with Gasteiger partial charge in [-0.05, 0) is 71.8 Å². The van der Waals surface area contributed by atoms with E-state index in [2.05, 4.69) is 86.2 Å². The third-order valence-corrected chi connectivity index (χ3v) is 6.72. The van der Waals surface area contributed by atoms with Gasteiger partial charge in [0.05, 0.1) is 34.4 Å². The Morgan fingerprint density at radius 3 is 2.55 bits per heavy atom. The van der Waals surface area contributed by atoms with Crippen LogP contribution in [0.1, 0.15) is 36.5 Å². The van der Waals surface area contributed by atoms with Crippen LogP contribution in [0, 0.1) is 13.8 Å². The normalized spacial score (nSPS) is 12.6. The Labute approximate surface area is 169 Å². The fourth-order valence-electron chi connectivity index (χ4n) is 5.07. The van der Waals surface area contributed by atoms with Crippen LogP contribution in [0.15, 0.2) is 48.8 Å². The Morgan fingerprint density at radius 2 is 1.76 bits per heavy atom. The molecule has 0 unspecified atom stereocenters. The molecule has 0 atom stereocenters. The highest BCUT2D eigenvalue weighted by molar-refractivity contribution is 6.25. The summed E-state index contributed by atoms with van der Waals surface area (Å²) < 4.78 is 4.65. The summed E-state index contributed by atoms with van der Waals surface area (Å²) in [6, 6.07) is 15.8. The largest absolute Gasteiger partial charge is 0.308 e. The van der Waals surface area contributed by atoms with Crippen molar-refractivity contribution in [3.8, 4) is 0 Å². The van der Waals surface area contributed by atoms with Crippen LogP contribution in [0.3, 0.4) is 0 Å². The van der Waals surface area contributed by atoms with Crippen molar-refractivity contribution in [2.45, 2.75) is 33.6 Å². The summed E-state index contributed by atoms with van der Waals surface area (Å²) in [5.74, 6) is 0.511. The summed E-state index contributed by atoms with van der Waals surface area (Å²) in [5, 5.41) is 5.28. The van der Waals surface area contributed by atoms with E-state index in [1.54, 1.807) is 0 Å². The van der Waals surface area contributed by atoms with Crippen molar-refractivity contribution < 1.29 is 4.57 Å². The minimum absolute atomic E-state index is 0.511. The molecule has 0 N–H and O–H groups in total. The summed E-state index contributed by atoms with van der Waals surface area (Å²) in [4.78, 5) is 4.72. The number of aryl methyl sites for hydroxylation is 3. The van der Waals surface area contributed by atoms with Gasteiger partial charge in [-0.2, -0.15) is 0 Å².